The second kappa shape index (κ2) is 5.96. The van der Waals surface area contributed by atoms with E-state index in [-0.39, 0.29) is 0 Å². The first kappa shape index (κ1) is 12.3. The van der Waals surface area contributed by atoms with Gasteiger partial charge in [0.25, 0.3) is 0 Å². The third-order valence-corrected chi connectivity index (χ3v) is 3.01. The van der Waals surface area contributed by atoms with Gasteiger partial charge in [0.1, 0.15) is 0 Å². The van der Waals surface area contributed by atoms with Crippen LogP contribution >= 0.6 is 11.6 Å². The number of aryl methyl sites for hydroxylation is 1. The summed E-state index contributed by atoms with van der Waals surface area (Å²) in [4.78, 5) is 4.11. The molecule has 0 radical (unpaired) electrons. The highest BCUT2D eigenvalue weighted by molar-refractivity contribution is 6.31. The van der Waals surface area contributed by atoms with Crippen molar-refractivity contribution in [1.29, 1.82) is 0 Å². The fourth-order valence-electron chi connectivity index (χ4n) is 1.51. The lowest BCUT2D eigenvalue weighted by atomic mass is 10.0. The Labute approximate surface area is 97.1 Å². The van der Waals surface area contributed by atoms with Crippen molar-refractivity contribution < 1.29 is 0 Å². The number of pyridine rings is 1. The normalized spacial score (nSPS) is 10.7. The Balaban J connectivity index is 2.60. The van der Waals surface area contributed by atoms with Crippen LogP contribution in [0.4, 0.5) is 5.69 Å². The van der Waals surface area contributed by atoms with Crippen LogP contribution in [0, 0.1) is 12.8 Å². The molecule has 1 heterocycles. The molecule has 1 aromatic heterocycles. The molecule has 0 aromatic carbocycles. The molecule has 0 aliphatic carbocycles. The van der Waals surface area contributed by atoms with E-state index in [1.54, 1.807) is 6.20 Å². The van der Waals surface area contributed by atoms with Crippen LogP contribution in [0.1, 0.15) is 32.3 Å². The molecule has 1 aromatic rings. The molecule has 0 fully saturated rings. The smallest absolute Gasteiger partial charge is 0.152 e. The van der Waals surface area contributed by atoms with E-state index in [2.05, 4.69) is 24.1 Å². The van der Waals surface area contributed by atoms with Crippen LogP contribution < -0.4 is 5.32 Å². The fraction of sp³-hybridized carbons (Fsp3) is 0.583. The maximum Gasteiger partial charge on any atom is 0.152 e. The van der Waals surface area contributed by atoms with Crippen molar-refractivity contribution in [3.05, 3.63) is 23.0 Å². The topological polar surface area (TPSA) is 24.9 Å². The summed E-state index contributed by atoms with van der Waals surface area (Å²) in [5, 5.41) is 3.92. The highest BCUT2D eigenvalue weighted by Gasteiger charge is 2.05. The van der Waals surface area contributed by atoms with Crippen molar-refractivity contribution in [2.75, 3.05) is 11.9 Å². The number of nitrogens with one attached hydrogen (secondary N) is 1. The van der Waals surface area contributed by atoms with Crippen LogP contribution in [0.15, 0.2) is 12.3 Å². The van der Waals surface area contributed by atoms with Gasteiger partial charge in [0.2, 0.25) is 0 Å². The van der Waals surface area contributed by atoms with E-state index < -0.39 is 0 Å². The van der Waals surface area contributed by atoms with Gasteiger partial charge in [-0.15, -0.1) is 0 Å². The number of anilines is 1. The van der Waals surface area contributed by atoms with Crippen molar-refractivity contribution >= 4 is 17.3 Å². The molecule has 3 heteroatoms. The lowest BCUT2D eigenvalue weighted by Crippen LogP contribution is -2.13. The Hall–Kier alpha value is -0.760. The molecule has 0 saturated heterocycles. The Bertz CT molecular complexity index is 308. The lowest BCUT2D eigenvalue weighted by Gasteiger charge is -2.15. The van der Waals surface area contributed by atoms with Gasteiger partial charge in [0, 0.05) is 12.7 Å². The first-order valence-electron chi connectivity index (χ1n) is 5.53. The highest BCUT2D eigenvalue weighted by Crippen LogP contribution is 2.20. The van der Waals surface area contributed by atoms with Gasteiger partial charge < -0.3 is 5.32 Å². The fourth-order valence-corrected chi connectivity index (χ4v) is 1.68. The van der Waals surface area contributed by atoms with E-state index in [1.165, 1.54) is 12.8 Å². The van der Waals surface area contributed by atoms with Crippen molar-refractivity contribution in [1.82, 2.24) is 4.98 Å². The molecule has 0 bridgehead atoms. The Morgan fingerprint density at radius 1 is 1.40 bits per heavy atom. The zero-order valence-electron chi connectivity index (χ0n) is 9.68. The Morgan fingerprint density at radius 2 is 2.07 bits per heavy atom. The minimum absolute atomic E-state index is 0.562. The Kier molecular flexibility index (Phi) is 4.89. The van der Waals surface area contributed by atoms with Crippen molar-refractivity contribution in [2.24, 2.45) is 5.92 Å². The van der Waals surface area contributed by atoms with E-state index in [1.807, 2.05) is 13.0 Å². The molecule has 84 valence electrons. The van der Waals surface area contributed by atoms with Gasteiger partial charge in [0.05, 0.1) is 5.69 Å². The first-order chi connectivity index (χ1) is 7.17. The summed E-state index contributed by atoms with van der Waals surface area (Å²) >= 11 is 5.99. The lowest BCUT2D eigenvalue weighted by molar-refractivity contribution is 0.519. The van der Waals surface area contributed by atoms with Crippen LogP contribution in [-0.4, -0.2) is 11.5 Å². The number of nitrogens with zero attached hydrogens (tertiary/aromatic N) is 1. The summed E-state index contributed by atoms with van der Waals surface area (Å²) < 4.78 is 0. The quantitative estimate of drug-likeness (QED) is 0.771. The molecule has 0 amide bonds. The maximum atomic E-state index is 5.99. The van der Waals surface area contributed by atoms with E-state index in [0.29, 0.717) is 11.1 Å². The zero-order valence-corrected chi connectivity index (χ0v) is 10.4. The molecule has 0 spiro atoms. The van der Waals surface area contributed by atoms with E-state index >= 15 is 0 Å². The van der Waals surface area contributed by atoms with Gasteiger partial charge in [-0.3, -0.25) is 0 Å². The summed E-state index contributed by atoms with van der Waals surface area (Å²) in [5.74, 6) is 0.710. The van der Waals surface area contributed by atoms with E-state index in [0.717, 1.165) is 17.8 Å². The summed E-state index contributed by atoms with van der Waals surface area (Å²) in [6.45, 7) is 7.42. The van der Waals surface area contributed by atoms with Crippen LogP contribution in [0.5, 0.6) is 0 Å². The second-order valence-electron chi connectivity index (χ2n) is 3.91. The average molecular weight is 227 g/mol. The molecular weight excluding hydrogens is 208 g/mol. The third kappa shape index (κ3) is 3.71. The third-order valence-electron chi connectivity index (χ3n) is 2.71. The van der Waals surface area contributed by atoms with Crippen LogP contribution in [0.2, 0.25) is 5.15 Å². The van der Waals surface area contributed by atoms with Crippen LogP contribution in [0.25, 0.3) is 0 Å². The monoisotopic (exact) mass is 226 g/mol. The van der Waals surface area contributed by atoms with Gasteiger partial charge >= 0.3 is 0 Å². The maximum absolute atomic E-state index is 5.99. The van der Waals surface area contributed by atoms with Gasteiger partial charge in [-0.2, -0.15) is 0 Å². The molecule has 0 saturated carbocycles. The molecular formula is C12H19ClN2. The zero-order chi connectivity index (χ0) is 11.3. The molecule has 0 aliphatic rings. The molecule has 1 N–H and O–H groups in total. The second-order valence-corrected chi connectivity index (χ2v) is 4.27. The molecule has 0 unspecified atom stereocenters. The SMILES string of the molecule is CCC(CC)CNc1cc(C)cnc1Cl. The van der Waals surface area contributed by atoms with Gasteiger partial charge in [-0.05, 0) is 24.5 Å². The Morgan fingerprint density at radius 3 is 2.67 bits per heavy atom. The standard InChI is InChI=1S/C12H19ClN2/c1-4-10(5-2)8-14-11-6-9(3)7-15-12(11)13/h6-7,10,14H,4-5,8H2,1-3H3. The largest absolute Gasteiger partial charge is 0.382 e. The molecule has 0 aliphatic heterocycles. The number of hydrogen-bond donors (Lipinski definition) is 1. The number of aromatic nitrogens is 1. The number of halogens is 1. The minimum Gasteiger partial charge on any atom is -0.382 e. The summed E-state index contributed by atoms with van der Waals surface area (Å²) in [7, 11) is 0. The van der Waals surface area contributed by atoms with Gasteiger partial charge in [0.15, 0.2) is 5.15 Å². The highest BCUT2D eigenvalue weighted by atomic mass is 35.5. The van der Waals surface area contributed by atoms with E-state index in [9.17, 15) is 0 Å². The van der Waals surface area contributed by atoms with Crippen LogP contribution in [0.3, 0.4) is 0 Å². The number of rotatable bonds is 5. The van der Waals surface area contributed by atoms with Crippen molar-refractivity contribution in [3.8, 4) is 0 Å². The van der Waals surface area contributed by atoms with Gasteiger partial charge in [-0.1, -0.05) is 38.3 Å². The number of hydrogen-bond acceptors (Lipinski definition) is 2. The summed E-state index contributed by atoms with van der Waals surface area (Å²) in [6.07, 6.45) is 4.17. The predicted molar refractivity (Wildman–Crippen MR) is 66.5 cm³/mol. The van der Waals surface area contributed by atoms with Crippen molar-refractivity contribution in [3.63, 3.8) is 0 Å². The molecule has 1 rings (SSSR count). The molecule has 15 heavy (non-hydrogen) atoms. The molecule has 2 nitrogen and oxygen atoms in total. The predicted octanol–water partition coefficient (Wildman–Crippen LogP) is 3.89. The van der Waals surface area contributed by atoms with Crippen LogP contribution in [-0.2, 0) is 0 Å². The minimum atomic E-state index is 0.562. The summed E-state index contributed by atoms with van der Waals surface area (Å²) in [6, 6.07) is 2.04. The van der Waals surface area contributed by atoms with Crippen molar-refractivity contribution in [2.45, 2.75) is 33.6 Å². The first-order valence-corrected chi connectivity index (χ1v) is 5.91. The van der Waals surface area contributed by atoms with Gasteiger partial charge in [-0.25, -0.2) is 4.98 Å². The summed E-state index contributed by atoms with van der Waals surface area (Å²) in [5.41, 5.74) is 2.08. The average Bonchev–Trinajstić information content (AvgIpc) is 2.24. The van der Waals surface area contributed by atoms with E-state index in [4.69, 9.17) is 11.6 Å². The molecule has 0 atom stereocenters.